The third kappa shape index (κ3) is 17.4. The first-order valence-corrected chi connectivity index (χ1v) is 28.4. The minimum absolute atomic E-state index is 0.0549. The van der Waals surface area contributed by atoms with Crippen molar-refractivity contribution in [3.8, 4) is 24.2 Å². The lowest BCUT2D eigenvalue weighted by atomic mass is 10.1. The molecular formula is C58H75IN14O8. The molecule has 4 aromatic rings. The number of nitrogens with zero attached hydrogens (tertiary/aromatic N) is 10. The number of halogens is 1. The number of likely N-dealkylation sites (N-methyl/N-ethyl adjacent to an activating group) is 2. The Bertz CT molecular complexity index is 2980. The first-order valence-electron chi connectivity index (χ1n) is 27.4. The van der Waals surface area contributed by atoms with Gasteiger partial charge in [-0.25, -0.2) is 29.5 Å². The van der Waals surface area contributed by atoms with E-state index in [4.69, 9.17) is 35.3 Å². The number of pyridine rings is 4. The summed E-state index contributed by atoms with van der Waals surface area (Å²) in [6.45, 7) is 4.38. The molecule has 0 aromatic carbocycles. The lowest BCUT2D eigenvalue weighted by Crippen LogP contribution is -2.48. The van der Waals surface area contributed by atoms with Crippen LogP contribution in [0.15, 0.2) is 48.8 Å². The van der Waals surface area contributed by atoms with Crippen LogP contribution in [0.25, 0.3) is 0 Å². The Morgan fingerprint density at radius 1 is 0.667 bits per heavy atom. The summed E-state index contributed by atoms with van der Waals surface area (Å²) < 4.78 is 23.0. The number of methoxy groups -OCH3 is 4. The summed E-state index contributed by atoms with van der Waals surface area (Å²) in [6.07, 6.45) is 16.3. The normalized spacial score (nSPS) is 17.2. The van der Waals surface area contributed by atoms with Gasteiger partial charge in [-0.05, 0) is 111 Å². The van der Waals surface area contributed by atoms with Gasteiger partial charge in [-0.1, -0.05) is 24.0 Å². The Morgan fingerprint density at radius 2 is 1.11 bits per heavy atom. The van der Waals surface area contributed by atoms with E-state index < -0.39 is 18.6 Å². The van der Waals surface area contributed by atoms with Crippen molar-refractivity contribution >= 4 is 81.1 Å². The minimum atomic E-state index is -0.754. The Balaban J connectivity index is 0.000000196. The lowest BCUT2D eigenvalue weighted by molar-refractivity contribution is -0.137. The van der Waals surface area contributed by atoms with Gasteiger partial charge in [0.05, 0.1) is 33.6 Å². The second-order valence-electron chi connectivity index (χ2n) is 21.1. The fourth-order valence-electron chi connectivity index (χ4n) is 8.58. The molecule has 6 amide bonds. The van der Waals surface area contributed by atoms with E-state index in [1.54, 1.807) is 48.4 Å². The molecule has 0 radical (unpaired) electrons. The Kier molecular flexibility index (Phi) is 21.1. The number of carbonyl (C=O) groups excluding carboxylic acids is 4. The van der Waals surface area contributed by atoms with E-state index in [-0.39, 0.29) is 17.8 Å². The Morgan fingerprint density at radius 3 is 1.52 bits per heavy atom. The van der Waals surface area contributed by atoms with Crippen molar-refractivity contribution in [2.45, 2.75) is 89.1 Å². The van der Waals surface area contributed by atoms with Gasteiger partial charge in [0, 0.05) is 130 Å². The standard InChI is InChI=1S/C29H37N7O4.C24H32IN7O4.C5H6/c1-34-13-14-36(26(37)18-34)17-21-9-12-25(33-27(21)28(39-3)40-4)35(2)29(38)32-24-15-23(31-22-10-11-22)20(16-30-24)8-7-19-5-6-19;1-30-9-10-32(21(33)14-30)13-15-5-8-20(29-22(15)23(35-3)36-4)31(2)24(34)28-19-11-18(17(25)12-26-19)27-16-6-7-16;1-2-5-3-4-5/h9,12,15-16,19,22,28H,5-6,10-11,13-14,17-18H2,1-4H3,(H2,30,31,32,38);5,8,11-12,16,23H,6-7,9-10,13-14H2,1-4H3,(H2,26,27,28,34);1,5H,3-4H2. The van der Waals surface area contributed by atoms with Gasteiger partial charge in [0.15, 0.2) is 0 Å². The number of carbonyl (C=O) groups is 4. The number of ether oxygens (including phenoxy) is 4. The van der Waals surface area contributed by atoms with Crippen LogP contribution in [-0.2, 0) is 41.6 Å². The molecule has 10 rings (SSSR count). The van der Waals surface area contributed by atoms with Crippen LogP contribution in [-0.4, -0.2) is 171 Å². The number of hydrogen-bond acceptors (Lipinski definition) is 16. The summed E-state index contributed by atoms with van der Waals surface area (Å²) in [4.78, 5) is 79.9. The molecular weight excluding hydrogens is 1150 g/mol. The number of aromatic nitrogens is 4. The molecule has 6 heterocycles. The molecule has 81 heavy (non-hydrogen) atoms. The average molecular weight is 1220 g/mol. The number of urea groups is 2. The predicted octanol–water partition coefficient (Wildman–Crippen LogP) is 6.96. The van der Waals surface area contributed by atoms with Crippen molar-refractivity contribution in [3.63, 3.8) is 0 Å². The highest BCUT2D eigenvalue weighted by Crippen LogP contribution is 2.33. The summed E-state index contributed by atoms with van der Waals surface area (Å²) in [5.41, 5.74) is 5.32. The second kappa shape index (κ2) is 28.3. The molecule has 22 nitrogen and oxygen atoms in total. The molecule has 432 valence electrons. The number of anilines is 6. The van der Waals surface area contributed by atoms with Gasteiger partial charge in [-0.15, -0.1) is 12.3 Å². The molecule has 2 saturated heterocycles. The molecule has 4 saturated carbocycles. The van der Waals surface area contributed by atoms with Gasteiger partial charge in [0.2, 0.25) is 24.4 Å². The van der Waals surface area contributed by atoms with E-state index in [2.05, 4.69) is 71.6 Å². The SMILES string of the molecule is C#CC1CC1.COC(OC)c1nc(N(C)C(=O)Nc2cc(NC3CC3)c(C#CC3CC3)cn2)ccc1CN1CCN(C)CC1=O.COC(OC)c1nc(N(C)C(=O)Nc2cc(NC3CC3)c(I)cn2)ccc1CN1CCN(C)CC1=O. The maximum Gasteiger partial charge on any atom is 0.328 e. The average Bonchev–Trinajstić information content (AvgIpc) is 4.33. The van der Waals surface area contributed by atoms with Gasteiger partial charge in [0.25, 0.3) is 0 Å². The second-order valence-corrected chi connectivity index (χ2v) is 22.3. The molecule has 6 aliphatic rings. The van der Waals surface area contributed by atoms with E-state index in [1.165, 1.54) is 51.1 Å². The van der Waals surface area contributed by atoms with Crippen molar-refractivity contribution in [3.05, 3.63) is 80.4 Å². The third-order valence-corrected chi connectivity index (χ3v) is 15.1. The van der Waals surface area contributed by atoms with Crippen LogP contribution < -0.4 is 31.1 Å². The number of piperazine rings is 2. The van der Waals surface area contributed by atoms with E-state index in [1.807, 2.05) is 48.2 Å². The summed E-state index contributed by atoms with van der Waals surface area (Å²) in [5, 5.41) is 12.7. The van der Waals surface area contributed by atoms with Crippen LogP contribution >= 0.6 is 22.6 Å². The van der Waals surface area contributed by atoms with Crippen LogP contribution in [0.2, 0.25) is 0 Å². The maximum atomic E-state index is 13.2. The summed E-state index contributed by atoms with van der Waals surface area (Å²) in [7, 11) is 13.2. The number of terminal acetylenes is 1. The highest BCUT2D eigenvalue weighted by Gasteiger charge is 2.30. The lowest BCUT2D eigenvalue weighted by Gasteiger charge is -2.33. The number of hydrogen-bond donors (Lipinski definition) is 4. The van der Waals surface area contributed by atoms with Crippen LogP contribution in [0, 0.1) is 39.6 Å². The highest BCUT2D eigenvalue weighted by molar-refractivity contribution is 14.1. The van der Waals surface area contributed by atoms with Crippen LogP contribution in [0.5, 0.6) is 0 Å². The zero-order chi connectivity index (χ0) is 57.7. The zero-order valence-corrected chi connectivity index (χ0v) is 49.7. The summed E-state index contributed by atoms with van der Waals surface area (Å²) in [6, 6.07) is 11.1. The summed E-state index contributed by atoms with van der Waals surface area (Å²) in [5.74, 6) is 12.1. The van der Waals surface area contributed by atoms with Crippen LogP contribution in [0.3, 0.4) is 0 Å². The van der Waals surface area contributed by atoms with Gasteiger partial charge >= 0.3 is 12.1 Å². The number of nitrogens with one attached hydrogen (secondary N) is 4. The topological polar surface area (TPSA) is 224 Å². The first-order chi connectivity index (χ1) is 39.1. The molecule has 4 aromatic heterocycles. The molecule has 23 heteroatoms. The van der Waals surface area contributed by atoms with E-state index in [0.29, 0.717) is 97.8 Å². The van der Waals surface area contributed by atoms with Crippen molar-refractivity contribution < 1.29 is 38.1 Å². The monoisotopic (exact) mass is 1220 g/mol. The number of rotatable bonds is 18. The smallest absolute Gasteiger partial charge is 0.328 e. The largest absolute Gasteiger partial charge is 0.381 e. The van der Waals surface area contributed by atoms with Crippen molar-refractivity contribution in [2.75, 3.05) is 127 Å². The molecule has 2 aliphatic heterocycles. The quantitative estimate of drug-likeness (QED) is 0.0449. The molecule has 6 fully saturated rings. The van der Waals surface area contributed by atoms with Crippen molar-refractivity contribution in [1.29, 1.82) is 0 Å². The molecule has 0 spiro atoms. The zero-order valence-electron chi connectivity index (χ0n) is 47.6. The molecule has 4 aliphatic carbocycles. The first kappa shape index (κ1) is 60.4. The van der Waals surface area contributed by atoms with Gasteiger partial charge in [-0.3, -0.25) is 39.8 Å². The van der Waals surface area contributed by atoms with E-state index >= 15 is 0 Å². The van der Waals surface area contributed by atoms with Gasteiger partial charge in [-0.2, -0.15) is 0 Å². The van der Waals surface area contributed by atoms with Crippen molar-refractivity contribution in [1.82, 2.24) is 39.5 Å². The van der Waals surface area contributed by atoms with E-state index in [9.17, 15) is 19.2 Å². The van der Waals surface area contributed by atoms with Crippen molar-refractivity contribution in [2.24, 2.45) is 11.8 Å². The fourth-order valence-corrected chi connectivity index (χ4v) is 9.03. The summed E-state index contributed by atoms with van der Waals surface area (Å²) >= 11 is 2.23. The molecule has 4 N–H and O–H groups in total. The third-order valence-electron chi connectivity index (χ3n) is 14.2. The van der Waals surface area contributed by atoms with E-state index in [0.717, 1.165) is 83.2 Å². The molecule has 0 unspecified atom stereocenters. The van der Waals surface area contributed by atoms with Gasteiger partial charge < -0.3 is 39.4 Å². The maximum absolute atomic E-state index is 13.2. The minimum Gasteiger partial charge on any atom is -0.381 e. The van der Waals surface area contributed by atoms with Crippen LogP contribution in [0.1, 0.15) is 92.0 Å². The fraction of sp³-hybridized carbons (Fsp3) is 0.517. The van der Waals surface area contributed by atoms with Gasteiger partial charge in [0.1, 0.15) is 34.7 Å². The Hall–Kier alpha value is -6.71. The predicted molar refractivity (Wildman–Crippen MR) is 318 cm³/mol. The molecule has 0 atom stereocenters. The highest BCUT2D eigenvalue weighted by atomic mass is 127. The Labute approximate surface area is 488 Å². The molecule has 0 bridgehead atoms. The van der Waals surface area contributed by atoms with Crippen LogP contribution in [0.4, 0.5) is 44.2 Å². The number of amides is 6.